The molecule has 5 aliphatic rings. The Kier molecular flexibility index (Phi) is 4.51. The summed E-state index contributed by atoms with van der Waals surface area (Å²) in [6, 6.07) is 0. The van der Waals surface area contributed by atoms with Crippen molar-refractivity contribution >= 4 is 5.78 Å². The predicted molar refractivity (Wildman–Crippen MR) is 130 cm³/mol. The van der Waals surface area contributed by atoms with Crippen LogP contribution in [-0.4, -0.2) is 5.78 Å². The van der Waals surface area contributed by atoms with E-state index in [4.69, 9.17) is 0 Å². The molecule has 0 bridgehead atoms. The summed E-state index contributed by atoms with van der Waals surface area (Å²) in [6.45, 7) is 20.1. The van der Waals surface area contributed by atoms with Crippen molar-refractivity contribution in [3.8, 4) is 0 Å². The van der Waals surface area contributed by atoms with Crippen LogP contribution in [0.2, 0.25) is 0 Å². The molecule has 5 rings (SSSR count). The lowest BCUT2D eigenvalue weighted by Crippen LogP contribution is -2.64. The highest BCUT2D eigenvalue weighted by molar-refractivity contribution is 5.85. The molecular formula is C30H48O. The Morgan fingerprint density at radius 2 is 1.48 bits per heavy atom. The maximum atomic E-state index is 12.9. The summed E-state index contributed by atoms with van der Waals surface area (Å²) >= 11 is 0. The molecule has 0 heterocycles. The smallest absolute Gasteiger partial charge is 0.138 e. The average Bonchev–Trinajstić information content (AvgIpc) is 2.67. The minimum Gasteiger partial charge on any atom is -0.299 e. The fourth-order valence-electron chi connectivity index (χ4n) is 10.3. The molecule has 31 heavy (non-hydrogen) atoms. The van der Waals surface area contributed by atoms with Gasteiger partial charge in [-0.3, -0.25) is 4.79 Å². The van der Waals surface area contributed by atoms with E-state index >= 15 is 0 Å². The van der Waals surface area contributed by atoms with E-state index in [-0.39, 0.29) is 5.41 Å². The lowest BCUT2D eigenvalue weighted by molar-refractivity contribution is -0.184. The molecule has 0 aliphatic heterocycles. The Morgan fingerprint density at radius 3 is 2.19 bits per heavy atom. The maximum absolute atomic E-state index is 12.9. The fraction of sp³-hybridized carbons (Fsp3) is 0.900. The van der Waals surface area contributed by atoms with Crippen LogP contribution in [-0.2, 0) is 4.79 Å². The molecule has 1 heteroatoms. The second-order valence-corrected chi connectivity index (χ2v) is 15.0. The number of carbonyl (C=O) groups excluding carboxylic acids is 1. The number of ketones is 1. The third kappa shape index (κ3) is 2.70. The van der Waals surface area contributed by atoms with Gasteiger partial charge < -0.3 is 0 Å². The minimum absolute atomic E-state index is 0.141. The van der Waals surface area contributed by atoms with Crippen molar-refractivity contribution < 1.29 is 4.79 Å². The summed E-state index contributed by atoms with van der Waals surface area (Å²) < 4.78 is 0. The van der Waals surface area contributed by atoms with Crippen molar-refractivity contribution in [3.63, 3.8) is 0 Å². The number of rotatable bonds is 0. The lowest BCUT2D eigenvalue weighted by atomic mass is 9.34. The highest BCUT2D eigenvalue weighted by atomic mass is 16.1. The van der Waals surface area contributed by atoms with E-state index in [1.807, 2.05) is 5.57 Å². The molecule has 0 amide bonds. The first-order chi connectivity index (χ1) is 14.2. The quantitative estimate of drug-likeness (QED) is 0.357. The third-order valence-electron chi connectivity index (χ3n) is 12.8. The van der Waals surface area contributed by atoms with Crippen molar-refractivity contribution in [3.05, 3.63) is 11.6 Å². The average molecular weight is 425 g/mol. The van der Waals surface area contributed by atoms with Gasteiger partial charge in [-0.25, -0.2) is 0 Å². The molecule has 7 atom stereocenters. The number of hydrogen-bond donors (Lipinski definition) is 0. The zero-order valence-electron chi connectivity index (χ0n) is 21.8. The van der Waals surface area contributed by atoms with Crippen molar-refractivity contribution in [2.24, 2.45) is 50.2 Å². The van der Waals surface area contributed by atoms with Crippen molar-refractivity contribution in [2.45, 2.75) is 120 Å². The molecule has 4 fully saturated rings. The zero-order chi connectivity index (χ0) is 22.7. The van der Waals surface area contributed by atoms with Crippen LogP contribution in [0.25, 0.3) is 0 Å². The van der Waals surface area contributed by atoms with Gasteiger partial charge in [0.1, 0.15) is 5.78 Å². The van der Waals surface area contributed by atoms with Crippen LogP contribution in [0.15, 0.2) is 11.6 Å². The lowest BCUT2D eigenvalue weighted by Gasteiger charge is -2.70. The normalized spacial score (nSPS) is 52.8. The second kappa shape index (κ2) is 6.29. The number of Topliss-reactive ketones (excluding diaryl/α,β-unsaturated/α-hetero) is 1. The largest absolute Gasteiger partial charge is 0.299 e. The van der Waals surface area contributed by atoms with Gasteiger partial charge in [-0.1, -0.05) is 67.0 Å². The summed E-state index contributed by atoms with van der Waals surface area (Å²) in [4.78, 5) is 12.9. The van der Waals surface area contributed by atoms with E-state index in [1.165, 1.54) is 51.4 Å². The van der Waals surface area contributed by atoms with Crippen molar-refractivity contribution in [2.75, 3.05) is 0 Å². The van der Waals surface area contributed by atoms with Crippen molar-refractivity contribution in [1.82, 2.24) is 0 Å². The fourth-order valence-corrected chi connectivity index (χ4v) is 10.3. The highest BCUT2D eigenvalue weighted by Crippen LogP contribution is 2.75. The summed E-state index contributed by atoms with van der Waals surface area (Å²) in [5.41, 5.74) is 3.75. The molecule has 0 N–H and O–H groups in total. The Labute approximate surface area is 192 Å². The number of fused-ring (bicyclic) bond motifs is 7. The van der Waals surface area contributed by atoms with Gasteiger partial charge in [0.2, 0.25) is 0 Å². The van der Waals surface area contributed by atoms with E-state index in [2.05, 4.69) is 61.5 Å². The molecule has 1 nitrogen and oxygen atoms in total. The van der Waals surface area contributed by atoms with Gasteiger partial charge in [-0.05, 0) is 103 Å². The van der Waals surface area contributed by atoms with Gasteiger partial charge in [-0.2, -0.15) is 0 Å². The molecule has 0 unspecified atom stereocenters. The van der Waals surface area contributed by atoms with Gasteiger partial charge in [0.05, 0.1) is 0 Å². The van der Waals surface area contributed by atoms with Crippen molar-refractivity contribution in [1.29, 1.82) is 0 Å². The molecule has 174 valence electrons. The second-order valence-electron chi connectivity index (χ2n) is 15.0. The standard InChI is InChI=1S/C30H48O/c1-25(2)15-16-27(5)17-18-29(7)20(21(27)19-25)9-10-23-28(6)13-12-24(31)26(3,4)22(28)11-14-30(23,29)8/h9,21-23H,10-19H2,1-8H3/t21-,22-,23-,27+,28-,29+,30-/m0/s1. The summed E-state index contributed by atoms with van der Waals surface area (Å²) in [5, 5.41) is 0. The zero-order valence-corrected chi connectivity index (χ0v) is 21.8. The van der Waals surface area contributed by atoms with Crippen LogP contribution < -0.4 is 0 Å². The molecule has 0 aromatic heterocycles. The first kappa shape index (κ1) is 22.2. The number of hydrogen-bond acceptors (Lipinski definition) is 1. The van der Waals surface area contributed by atoms with Gasteiger partial charge >= 0.3 is 0 Å². The summed E-state index contributed by atoms with van der Waals surface area (Å²) in [7, 11) is 0. The molecule has 4 saturated carbocycles. The Hall–Kier alpha value is -0.590. The summed E-state index contributed by atoms with van der Waals surface area (Å²) in [5.74, 6) is 2.58. The van der Waals surface area contributed by atoms with Crippen LogP contribution in [0.5, 0.6) is 0 Å². The monoisotopic (exact) mass is 424 g/mol. The molecule has 0 radical (unpaired) electrons. The predicted octanol–water partition coefficient (Wildman–Crippen LogP) is 8.38. The minimum atomic E-state index is -0.141. The molecule has 0 aromatic rings. The van der Waals surface area contributed by atoms with Crippen LogP contribution in [0.3, 0.4) is 0 Å². The molecule has 5 aliphatic carbocycles. The van der Waals surface area contributed by atoms with E-state index in [1.54, 1.807) is 0 Å². The maximum Gasteiger partial charge on any atom is 0.138 e. The van der Waals surface area contributed by atoms with Gasteiger partial charge in [0, 0.05) is 11.8 Å². The Bertz CT molecular complexity index is 831. The Morgan fingerprint density at radius 1 is 0.806 bits per heavy atom. The van der Waals surface area contributed by atoms with E-state index < -0.39 is 0 Å². The van der Waals surface area contributed by atoms with Gasteiger partial charge in [0.25, 0.3) is 0 Å². The van der Waals surface area contributed by atoms with Crippen LogP contribution >= 0.6 is 0 Å². The topological polar surface area (TPSA) is 17.1 Å². The SMILES string of the molecule is CC1(C)CC[C@]2(C)CC[C@]3(C)C(=CC[C@H]4[C@@]5(C)CCC(=O)C(C)(C)[C@@H]5CC[C@@]43C)[C@@H]2C1. The van der Waals surface area contributed by atoms with E-state index in [0.29, 0.717) is 38.8 Å². The van der Waals surface area contributed by atoms with E-state index in [0.717, 1.165) is 24.7 Å². The van der Waals surface area contributed by atoms with Crippen LogP contribution in [0, 0.1) is 50.2 Å². The van der Waals surface area contributed by atoms with Crippen LogP contribution in [0.4, 0.5) is 0 Å². The first-order valence-electron chi connectivity index (χ1n) is 13.4. The molecular weight excluding hydrogens is 376 g/mol. The summed E-state index contributed by atoms with van der Waals surface area (Å²) in [6.07, 6.45) is 15.5. The number of allylic oxidation sites excluding steroid dienone is 2. The number of carbonyl (C=O) groups is 1. The van der Waals surface area contributed by atoms with Gasteiger partial charge in [0.15, 0.2) is 0 Å². The molecule has 0 spiro atoms. The van der Waals surface area contributed by atoms with Gasteiger partial charge in [-0.15, -0.1) is 0 Å². The Balaban J connectivity index is 1.58. The first-order valence-corrected chi connectivity index (χ1v) is 13.4. The van der Waals surface area contributed by atoms with E-state index in [9.17, 15) is 4.79 Å². The molecule has 0 aromatic carbocycles. The molecule has 0 saturated heterocycles. The third-order valence-corrected chi connectivity index (χ3v) is 12.8. The van der Waals surface area contributed by atoms with Crippen LogP contribution in [0.1, 0.15) is 120 Å². The highest BCUT2D eigenvalue weighted by Gasteiger charge is 2.67.